The number of nitrogens with one attached hydrogen (secondary N) is 2. The molecule has 262 valence electrons. The zero-order valence-corrected chi connectivity index (χ0v) is 29.5. The number of carbonyl (C=O) groups is 2. The lowest BCUT2D eigenvalue weighted by Crippen LogP contribution is -2.36. The molecule has 4 rings (SSSR count). The van der Waals surface area contributed by atoms with Crippen LogP contribution in [-0.2, 0) is 37.3 Å². The van der Waals surface area contributed by atoms with Crippen LogP contribution in [0.15, 0.2) is 70.4 Å². The van der Waals surface area contributed by atoms with Gasteiger partial charge in [0.1, 0.15) is 17.2 Å². The van der Waals surface area contributed by atoms with Crippen molar-refractivity contribution in [1.29, 1.82) is 0 Å². The Morgan fingerprint density at radius 3 is 2.47 bits per heavy atom. The van der Waals surface area contributed by atoms with Gasteiger partial charge in [0.2, 0.25) is 5.91 Å². The first-order valence-corrected chi connectivity index (χ1v) is 17.4. The van der Waals surface area contributed by atoms with Gasteiger partial charge in [0.25, 0.3) is 10.0 Å². The summed E-state index contributed by atoms with van der Waals surface area (Å²) in [6.45, 7) is 6.86. The molecule has 0 radical (unpaired) electrons. The minimum absolute atomic E-state index is 0.138. The first kappa shape index (κ1) is 37.3. The van der Waals surface area contributed by atoms with Crippen molar-refractivity contribution in [2.24, 2.45) is 0 Å². The number of benzene rings is 3. The maximum absolute atomic E-state index is 15.8. The maximum Gasteiger partial charge on any atom is 0.421 e. The Kier molecular flexibility index (Phi) is 12.0. The molecule has 15 heteroatoms. The second-order valence-electron chi connectivity index (χ2n) is 12.2. The third-order valence-electron chi connectivity index (χ3n) is 7.17. The van der Waals surface area contributed by atoms with E-state index >= 15 is 4.39 Å². The molecule has 2 amide bonds. The summed E-state index contributed by atoms with van der Waals surface area (Å²) in [5, 5.41) is 7.50. The van der Waals surface area contributed by atoms with Crippen LogP contribution < -0.4 is 15.7 Å². The maximum atomic E-state index is 15.8. The summed E-state index contributed by atoms with van der Waals surface area (Å²) in [4.78, 5) is 38.0. The number of hydrogen-bond acceptors (Lipinski definition) is 8. The summed E-state index contributed by atoms with van der Waals surface area (Å²) in [7, 11) is -2.89. The normalized spacial score (nSPS) is 11.7. The minimum Gasteiger partial charge on any atom is -0.443 e. The van der Waals surface area contributed by atoms with E-state index in [4.69, 9.17) is 21.1 Å². The molecular weight excluding hydrogens is 677 g/mol. The van der Waals surface area contributed by atoms with Gasteiger partial charge in [0, 0.05) is 30.3 Å². The monoisotopic (exact) mass is 715 g/mol. The number of ether oxygens (including phenoxy) is 2. The molecule has 0 atom stereocenters. The molecule has 2 N–H and O–H groups in total. The van der Waals surface area contributed by atoms with Gasteiger partial charge in [0.05, 0.1) is 35.2 Å². The number of amides is 2. The van der Waals surface area contributed by atoms with Crippen molar-refractivity contribution < 1.29 is 31.9 Å². The van der Waals surface area contributed by atoms with Gasteiger partial charge in [-0.15, -0.1) is 5.10 Å². The number of sulfonamides is 1. The quantitative estimate of drug-likeness (QED) is 0.169. The number of hydrogen-bond donors (Lipinski definition) is 2. The zero-order chi connectivity index (χ0) is 35.9. The molecule has 4 aromatic rings. The van der Waals surface area contributed by atoms with Gasteiger partial charge in [-0.25, -0.2) is 27.1 Å². The highest BCUT2D eigenvalue weighted by molar-refractivity contribution is 7.90. The molecule has 0 saturated carbocycles. The molecule has 3 aromatic carbocycles. The Balaban J connectivity index is 1.67. The number of rotatable bonds is 13. The van der Waals surface area contributed by atoms with Crippen molar-refractivity contribution >= 4 is 39.3 Å². The largest absolute Gasteiger partial charge is 0.443 e. The van der Waals surface area contributed by atoms with Crippen LogP contribution in [0.4, 0.5) is 14.9 Å². The lowest BCUT2D eigenvalue weighted by molar-refractivity contribution is -0.117. The van der Waals surface area contributed by atoms with E-state index in [2.05, 4.69) is 10.4 Å². The molecule has 0 saturated heterocycles. The van der Waals surface area contributed by atoms with E-state index in [1.165, 1.54) is 54.1 Å². The number of carbonyl (C=O) groups excluding carboxylic acids is 2. The van der Waals surface area contributed by atoms with Gasteiger partial charge in [-0.05, 0) is 63.1 Å². The Morgan fingerprint density at radius 2 is 1.80 bits per heavy atom. The topological polar surface area (TPSA) is 151 Å². The average molecular weight is 716 g/mol. The number of halogens is 2. The van der Waals surface area contributed by atoms with Crippen LogP contribution in [0.2, 0.25) is 5.02 Å². The Hall–Kier alpha value is -4.53. The third-order valence-corrected chi connectivity index (χ3v) is 8.86. The summed E-state index contributed by atoms with van der Waals surface area (Å²) in [5.41, 5.74) is -0.308. The van der Waals surface area contributed by atoms with E-state index in [-0.39, 0.29) is 57.8 Å². The minimum atomic E-state index is -4.39. The molecular formula is C34H39ClFN5O7S. The van der Waals surface area contributed by atoms with Crippen LogP contribution in [0.5, 0.6) is 0 Å². The third kappa shape index (κ3) is 9.55. The number of methoxy groups -OCH3 is 1. The molecule has 0 bridgehead atoms. The fourth-order valence-corrected chi connectivity index (χ4v) is 6.16. The van der Waals surface area contributed by atoms with Gasteiger partial charge in [0.15, 0.2) is 0 Å². The van der Waals surface area contributed by atoms with Gasteiger partial charge < -0.3 is 14.8 Å². The van der Waals surface area contributed by atoms with Crippen molar-refractivity contribution in [3.8, 4) is 16.8 Å². The SMILES string of the molecule is CCCCc1nn(-c2cc(NC(=O)CCOC)ccc2Cl)c(=O)n1Cc1ccc(-c2ccccc2S(=O)(=O)NC(=O)OC(C)(C)C)cc1F. The summed E-state index contributed by atoms with van der Waals surface area (Å²) in [6, 6.07) is 14.7. The van der Waals surface area contributed by atoms with Crippen molar-refractivity contribution in [3.05, 3.63) is 93.4 Å². The molecule has 0 unspecified atom stereocenters. The summed E-state index contributed by atoms with van der Waals surface area (Å²) in [5.74, 6) is -0.564. The van der Waals surface area contributed by atoms with Gasteiger partial charge >= 0.3 is 11.8 Å². The lowest BCUT2D eigenvalue weighted by atomic mass is 10.0. The average Bonchev–Trinajstić information content (AvgIpc) is 3.33. The van der Waals surface area contributed by atoms with Crippen molar-refractivity contribution in [2.45, 2.75) is 70.4 Å². The molecule has 49 heavy (non-hydrogen) atoms. The van der Waals surface area contributed by atoms with Crippen LogP contribution in [-0.4, -0.2) is 54.1 Å². The lowest BCUT2D eigenvalue weighted by Gasteiger charge is -2.20. The van der Waals surface area contributed by atoms with Crippen LogP contribution in [0.1, 0.15) is 58.3 Å². The molecule has 0 aliphatic carbocycles. The van der Waals surface area contributed by atoms with Crippen LogP contribution in [0, 0.1) is 5.82 Å². The molecule has 0 aliphatic heterocycles. The summed E-state index contributed by atoms with van der Waals surface area (Å²) >= 11 is 6.48. The van der Waals surface area contributed by atoms with E-state index < -0.39 is 33.2 Å². The molecule has 12 nitrogen and oxygen atoms in total. The highest BCUT2D eigenvalue weighted by Crippen LogP contribution is 2.29. The molecule has 1 aromatic heterocycles. The van der Waals surface area contributed by atoms with Crippen LogP contribution in [0.3, 0.4) is 0 Å². The second kappa shape index (κ2) is 15.8. The van der Waals surface area contributed by atoms with Gasteiger partial charge in [-0.1, -0.05) is 55.3 Å². The molecule has 1 heterocycles. The zero-order valence-electron chi connectivity index (χ0n) is 27.9. The highest BCUT2D eigenvalue weighted by Gasteiger charge is 2.26. The number of nitrogens with zero attached hydrogens (tertiary/aromatic N) is 3. The van der Waals surface area contributed by atoms with E-state index in [1.54, 1.807) is 39.0 Å². The fraction of sp³-hybridized carbons (Fsp3) is 0.353. The number of unbranched alkanes of at least 4 members (excludes halogenated alkanes) is 1. The van der Waals surface area contributed by atoms with E-state index in [9.17, 15) is 22.8 Å². The Labute approximate surface area is 289 Å². The van der Waals surface area contributed by atoms with E-state index in [0.29, 0.717) is 24.4 Å². The predicted octanol–water partition coefficient (Wildman–Crippen LogP) is 6.07. The fourth-order valence-electron chi connectivity index (χ4n) is 4.86. The Morgan fingerprint density at radius 1 is 1.06 bits per heavy atom. The number of anilines is 1. The van der Waals surface area contributed by atoms with E-state index in [0.717, 1.165) is 11.1 Å². The van der Waals surface area contributed by atoms with Gasteiger partial charge in [-0.3, -0.25) is 9.36 Å². The first-order chi connectivity index (χ1) is 23.1. The standard InChI is InChI=1S/C34H39ClFN5O7S/c1-6-7-12-30-38-41(28-20-24(15-16-26(28)35)37-31(42)17-18-47-5)33(44)40(30)21-23-14-13-22(19-27(23)36)25-10-8-9-11-29(25)49(45,46)39-32(43)48-34(2,3)4/h8-11,13-16,19-20H,6-7,12,17-18,21H2,1-5H3,(H,37,42)(H,39,43). The Bertz CT molecular complexity index is 2000. The predicted molar refractivity (Wildman–Crippen MR) is 184 cm³/mol. The summed E-state index contributed by atoms with van der Waals surface area (Å²) < 4.78 is 56.5. The number of aromatic nitrogens is 3. The first-order valence-electron chi connectivity index (χ1n) is 15.5. The molecule has 0 spiro atoms. The number of aryl methyl sites for hydroxylation is 1. The van der Waals surface area contributed by atoms with Crippen molar-refractivity contribution in [2.75, 3.05) is 19.0 Å². The van der Waals surface area contributed by atoms with Gasteiger partial charge in [-0.2, -0.15) is 4.68 Å². The van der Waals surface area contributed by atoms with E-state index in [1.807, 2.05) is 11.6 Å². The summed E-state index contributed by atoms with van der Waals surface area (Å²) in [6.07, 6.45) is 0.953. The molecule has 0 aliphatic rings. The molecule has 0 fully saturated rings. The smallest absolute Gasteiger partial charge is 0.421 e. The highest BCUT2D eigenvalue weighted by atomic mass is 35.5. The van der Waals surface area contributed by atoms with Crippen molar-refractivity contribution in [3.63, 3.8) is 0 Å². The van der Waals surface area contributed by atoms with Crippen molar-refractivity contribution in [1.82, 2.24) is 19.1 Å². The second-order valence-corrected chi connectivity index (χ2v) is 14.2. The van der Waals surface area contributed by atoms with Crippen LogP contribution in [0.25, 0.3) is 16.8 Å². The van der Waals surface area contributed by atoms with Crippen LogP contribution >= 0.6 is 11.6 Å².